The van der Waals surface area contributed by atoms with Gasteiger partial charge < -0.3 is 10.2 Å². The average molecular weight is 832 g/mol. The van der Waals surface area contributed by atoms with E-state index in [1.807, 2.05) is 0 Å². The van der Waals surface area contributed by atoms with E-state index in [9.17, 15) is 35.9 Å². The highest BCUT2D eigenvalue weighted by Crippen LogP contribution is 2.35. The van der Waals surface area contributed by atoms with Crippen LogP contribution in [0.3, 0.4) is 0 Å². The van der Waals surface area contributed by atoms with Gasteiger partial charge in [0.1, 0.15) is 0 Å². The number of carboxylic acids is 2. The molecule has 0 saturated heterocycles. The maximum absolute atomic E-state index is 13.1. The molecule has 2 N–H and O–H groups in total. The van der Waals surface area contributed by atoms with Crippen molar-refractivity contribution in [2.45, 2.75) is 38.3 Å². The number of alkyl halides is 6. The van der Waals surface area contributed by atoms with Gasteiger partial charge in [-0.2, -0.15) is 36.5 Å². The number of aryl methyl sites for hydroxylation is 1. The van der Waals surface area contributed by atoms with Gasteiger partial charge in [-0.3, -0.25) is 14.2 Å². The van der Waals surface area contributed by atoms with Gasteiger partial charge in [0.05, 0.1) is 53.1 Å². The van der Waals surface area contributed by atoms with Gasteiger partial charge in [0.15, 0.2) is 0 Å². The lowest BCUT2D eigenvalue weighted by atomic mass is 10.1. The molecule has 0 spiro atoms. The fraction of sp³-hybridized carbons (Fsp3) is 0.167. The number of halogens is 10. The smallest absolute Gasteiger partial charge is 0.416 e. The number of aromatic nitrogens is 4. The predicted octanol–water partition coefficient (Wildman–Crippen LogP) is 10.9. The Labute approximate surface area is 321 Å². The first-order valence-corrected chi connectivity index (χ1v) is 17.0. The Balaban J connectivity index is 0.000000208. The Kier molecular flexibility index (Phi) is 12.2. The molecule has 0 atom stereocenters. The number of carbonyl (C=O) groups is 2. The normalized spacial score (nSPS) is 12.0. The van der Waals surface area contributed by atoms with E-state index in [0.29, 0.717) is 47.7 Å². The van der Waals surface area contributed by atoms with Crippen LogP contribution in [0.25, 0.3) is 27.9 Å². The van der Waals surface area contributed by atoms with Gasteiger partial charge in [-0.05, 0) is 71.8 Å². The minimum Gasteiger partial charge on any atom is -0.481 e. The van der Waals surface area contributed by atoms with E-state index < -0.39 is 35.4 Å². The maximum atomic E-state index is 13.1. The van der Waals surface area contributed by atoms with Crippen molar-refractivity contribution in [3.63, 3.8) is 0 Å². The van der Waals surface area contributed by atoms with Crippen molar-refractivity contribution in [1.29, 1.82) is 0 Å². The summed E-state index contributed by atoms with van der Waals surface area (Å²) in [7, 11) is 0. The molecule has 2 heterocycles. The molecule has 0 amide bonds. The predicted molar refractivity (Wildman–Crippen MR) is 193 cm³/mol. The molecule has 282 valence electrons. The topological polar surface area (TPSA) is 110 Å². The summed E-state index contributed by atoms with van der Waals surface area (Å²) >= 11 is 24.0. The lowest BCUT2D eigenvalue weighted by molar-refractivity contribution is -0.138. The number of carboxylic acid groups (broad SMARTS) is 2. The van der Waals surface area contributed by atoms with Crippen LogP contribution in [-0.2, 0) is 41.5 Å². The molecule has 0 aliphatic heterocycles. The van der Waals surface area contributed by atoms with Crippen LogP contribution in [-0.4, -0.2) is 41.7 Å². The molecule has 0 unspecified atom stereocenters. The van der Waals surface area contributed by atoms with Crippen molar-refractivity contribution in [3.8, 4) is 0 Å². The van der Waals surface area contributed by atoms with Crippen LogP contribution in [0, 0.1) is 0 Å². The Morgan fingerprint density at radius 1 is 0.667 bits per heavy atom. The summed E-state index contributed by atoms with van der Waals surface area (Å²) < 4.78 is 81.3. The fourth-order valence-corrected chi connectivity index (χ4v) is 6.28. The molecular weight excluding hydrogens is 808 g/mol. The molecule has 0 saturated carbocycles. The van der Waals surface area contributed by atoms with E-state index in [-0.39, 0.29) is 42.7 Å². The Morgan fingerprint density at radius 2 is 1.15 bits per heavy atom. The fourth-order valence-electron chi connectivity index (χ4n) is 5.34. The number of aliphatic carboxylic acids is 2. The molecule has 8 nitrogen and oxygen atoms in total. The maximum Gasteiger partial charge on any atom is 0.416 e. The average Bonchev–Trinajstić information content (AvgIpc) is 3.61. The SMILES string of the molecule is O=C(O)/C=C/c1nn(Cc2ccc(Cl)cc2Cl)c2cc(C(F)(F)F)ccc12.O=C(O)CCc1nn(Cc2ccc(Cl)cc2Cl)c2cc(C(F)(F)F)ccc12. The zero-order valence-corrected chi connectivity index (χ0v) is 30.2. The molecule has 18 heteroatoms. The molecular formula is C36H24Cl4F6N4O4. The monoisotopic (exact) mass is 830 g/mol. The quantitative estimate of drug-likeness (QED) is 0.111. The first-order valence-electron chi connectivity index (χ1n) is 15.4. The summed E-state index contributed by atoms with van der Waals surface area (Å²) in [4.78, 5) is 21.6. The molecule has 0 aliphatic rings. The van der Waals surface area contributed by atoms with Gasteiger partial charge >= 0.3 is 24.3 Å². The van der Waals surface area contributed by atoms with Crippen LogP contribution in [0.15, 0.2) is 78.9 Å². The summed E-state index contributed by atoms with van der Waals surface area (Å²) in [6.45, 7) is 0.218. The second-order valence-electron chi connectivity index (χ2n) is 11.6. The van der Waals surface area contributed by atoms with Crippen LogP contribution in [0.5, 0.6) is 0 Å². The van der Waals surface area contributed by atoms with E-state index in [1.54, 1.807) is 24.3 Å². The zero-order valence-electron chi connectivity index (χ0n) is 27.2. The van der Waals surface area contributed by atoms with Gasteiger partial charge in [-0.25, -0.2) is 4.79 Å². The Morgan fingerprint density at radius 3 is 1.61 bits per heavy atom. The van der Waals surface area contributed by atoms with E-state index in [1.165, 1.54) is 39.7 Å². The van der Waals surface area contributed by atoms with Crippen molar-refractivity contribution in [1.82, 2.24) is 19.6 Å². The van der Waals surface area contributed by atoms with Crippen LogP contribution >= 0.6 is 46.4 Å². The lowest BCUT2D eigenvalue weighted by Gasteiger charge is -2.09. The van der Waals surface area contributed by atoms with Crippen molar-refractivity contribution in [2.24, 2.45) is 0 Å². The second kappa shape index (κ2) is 16.3. The first-order chi connectivity index (χ1) is 25.3. The van der Waals surface area contributed by atoms with Crippen molar-refractivity contribution in [2.75, 3.05) is 0 Å². The molecule has 2 aromatic heterocycles. The van der Waals surface area contributed by atoms with Crippen LogP contribution < -0.4 is 0 Å². The largest absolute Gasteiger partial charge is 0.481 e. The van der Waals surface area contributed by atoms with Crippen molar-refractivity contribution in [3.05, 3.63) is 133 Å². The number of rotatable bonds is 9. The van der Waals surface area contributed by atoms with E-state index >= 15 is 0 Å². The molecule has 0 fully saturated rings. The standard InChI is InChI=1S/C18H13Cl2F3N2O2.C18H11Cl2F3N2O2/c2*19-12-3-1-10(14(20)8-12)9-25-16-7-11(18(21,22)23)2-4-13(16)15(24-25)5-6-17(26)27/h1-4,7-8H,5-6,9H2,(H,26,27);1-8H,9H2,(H,26,27)/b;6-5+. The molecule has 0 radical (unpaired) electrons. The van der Waals surface area contributed by atoms with Crippen LogP contribution in [0.4, 0.5) is 26.3 Å². The zero-order chi connectivity index (χ0) is 39.5. The highest BCUT2D eigenvalue weighted by atomic mass is 35.5. The number of nitrogens with zero attached hydrogens (tertiary/aromatic N) is 4. The third-order valence-corrected chi connectivity index (χ3v) is 9.07. The molecule has 6 rings (SSSR count). The third-order valence-electron chi connectivity index (χ3n) is 7.89. The van der Waals surface area contributed by atoms with Gasteiger partial charge in [-0.15, -0.1) is 0 Å². The highest BCUT2D eigenvalue weighted by Gasteiger charge is 2.32. The van der Waals surface area contributed by atoms with Gasteiger partial charge in [-0.1, -0.05) is 64.6 Å². The van der Waals surface area contributed by atoms with Gasteiger partial charge in [0.25, 0.3) is 0 Å². The van der Waals surface area contributed by atoms with Crippen molar-refractivity contribution >= 4 is 86.2 Å². The molecule has 6 aromatic rings. The lowest BCUT2D eigenvalue weighted by Crippen LogP contribution is -2.06. The summed E-state index contributed by atoms with van der Waals surface area (Å²) in [5.41, 5.74) is 0.745. The number of hydrogen-bond acceptors (Lipinski definition) is 4. The Hall–Kier alpha value is -4.76. The molecule has 4 aromatic carbocycles. The van der Waals surface area contributed by atoms with Crippen LogP contribution in [0.2, 0.25) is 20.1 Å². The molecule has 54 heavy (non-hydrogen) atoms. The number of hydrogen-bond donors (Lipinski definition) is 2. The van der Waals surface area contributed by atoms with Crippen molar-refractivity contribution < 1.29 is 46.1 Å². The third kappa shape index (κ3) is 9.85. The van der Waals surface area contributed by atoms with Gasteiger partial charge in [0, 0.05) is 43.4 Å². The minimum atomic E-state index is -4.52. The summed E-state index contributed by atoms with van der Waals surface area (Å²) in [5, 5.41) is 28.7. The highest BCUT2D eigenvalue weighted by molar-refractivity contribution is 6.35. The van der Waals surface area contributed by atoms with E-state index in [2.05, 4.69) is 10.2 Å². The number of benzene rings is 4. The Bertz CT molecular complexity index is 2410. The van der Waals surface area contributed by atoms with E-state index in [4.69, 9.17) is 56.6 Å². The minimum absolute atomic E-state index is 0.0920. The second-order valence-corrected chi connectivity index (χ2v) is 13.3. The first kappa shape index (κ1) is 40.4. The summed E-state index contributed by atoms with van der Waals surface area (Å²) in [6.07, 6.45) is -6.97. The molecule has 0 bridgehead atoms. The summed E-state index contributed by atoms with van der Waals surface area (Å²) in [6, 6.07) is 16.1. The van der Waals surface area contributed by atoms with Gasteiger partial charge in [0.2, 0.25) is 0 Å². The molecule has 0 aliphatic carbocycles. The summed E-state index contributed by atoms with van der Waals surface area (Å²) in [5.74, 6) is -2.20. The van der Waals surface area contributed by atoms with E-state index in [0.717, 1.165) is 30.3 Å². The van der Waals surface area contributed by atoms with Crippen LogP contribution in [0.1, 0.15) is 40.1 Å². The number of fused-ring (bicyclic) bond motifs is 2.